The molecule has 0 saturated carbocycles. The van der Waals surface area contributed by atoms with Crippen LogP contribution in [0.1, 0.15) is 37.3 Å². The van der Waals surface area contributed by atoms with Gasteiger partial charge in [-0.3, -0.25) is 0 Å². The second-order valence-electron chi connectivity index (χ2n) is 4.02. The molecule has 0 bridgehead atoms. The van der Waals surface area contributed by atoms with Gasteiger partial charge in [0.05, 0.1) is 0 Å². The minimum absolute atomic E-state index is 0.438. The van der Waals surface area contributed by atoms with Gasteiger partial charge >= 0.3 is 0 Å². The second-order valence-corrected chi connectivity index (χ2v) is 5.34. The molecular formula is C12H15BrClN. The Balaban J connectivity index is 2.19. The van der Waals surface area contributed by atoms with Gasteiger partial charge in [-0.25, -0.2) is 0 Å². The minimum atomic E-state index is 0.438. The monoisotopic (exact) mass is 287 g/mol. The first-order chi connectivity index (χ1) is 7.27. The molecule has 1 atom stereocenters. The van der Waals surface area contributed by atoms with Crippen LogP contribution in [-0.2, 0) is 0 Å². The molecule has 1 aromatic rings. The summed E-state index contributed by atoms with van der Waals surface area (Å²) in [4.78, 5) is 0. The molecule has 3 heteroatoms. The summed E-state index contributed by atoms with van der Waals surface area (Å²) < 4.78 is 1.05. The lowest BCUT2D eigenvalue weighted by Gasteiger charge is -2.17. The summed E-state index contributed by atoms with van der Waals surface area (Å²) in [6.45, 7) is 1.11. The number of nitrogens with one attached hydrogen (secondary N) is 1. The molecule has 1 fully saturated rings. The van der Waals surface area contributed by atoms with Crippen LogP contribution in [0.4, 0.5) is 0 Å². The SMILES string of the molecule is Clc1cc(Br)ccc1C1CCCCCN1. The van der Waals surface area contributed by atoms with Gasteiger partial charge in [0.25, 0.3) is 0 Å². The van der Waals surface area contributed by atoms with Crippen LogP contribution in [0.25, 0.3) is 0 Å². The van der Waals surface area contributed by atoms with Crippen molar-refractivity contribution in [1.82, 2.24) is 5.32 Å². The van der Waals surface area contributed by atoms with Gasteiger partial charge in [-0.15, -0.1) is 0 Å². The third kappa shape index (κ3) is 2.96. The number of hydrogen-bond acceptors (Lipinski definition) is 1. The Kier molecular flexibility index (Phi) is 4.06. The van der Waals surface area contributed by atoms with E-state index in [1.807, 2.05) is 6.07 Å². The van der Waals surface area contributed by atoms with E-state index in [2.05, 4.69) is 33.4 Å². The second kappa shape index (κ2) is 5.33. The van der Waals surface area contributed by atoms with Gasteiger partial charge in [-0.2, -0.15) is 0 Å². The molecule has 0 aromatic heterocycles. The average Bonchev–Trinajstić information content (AvgIpc) is 2.46. The Morgan fingerprint density at radius 1 is 1.27 bits per heavy atom. The van der Waals surface area contributed by atoms with Gasteiger partial charge in [0, 0.05) is 15.5 Å². The summed E-state index contributed by atoms with van der Waals surface area (Å²) in [5.74, 6) is 0. The molecule has 1 heterocycles. The van der Waals surface area contributed by atoms with Crippen molar-refractivity contribution in [2.24, 2.45) is 0 Å². The van der Waals surface area contributed by atoms with Crippen LogP contribution >= 0.6 is 27.5 Å². The van der Waals surface area contributed by atoms with Crippen molar-refractivity contribution in [1.29, 1.82) is 0 Å². The maximum atomic E-state index is 6.25. The normalized spacial score (nSPS) is 22.4. The Morgan fingerprint density at radius 2 is 2.13 bits per heavy atom. The Bertz CT molecular complexity index is 332. The first-order valence-electron chi connectivity index (χ1n) is 5.46. The highest BCUT2D eigenvalue weighted by molar-refractivity contribution is 9.10. The van der Waals surface area contributed by atoms with Gasteiger partial charge in [0.1, 0.15) is 0 Å². The van der Waals surface area contributed by atoms with Gasteiger partial charge in [-0.1, -0.05) is 46.4 Å². The highest BCUT2D eigenvalue weighted by atomic mass is 79.9. The predicted molar refractivity (Wildman–Crippen MR) is 68.4 cm³/mol. The summed E-state index contributed by atoms with van der Waals surface area (Å²) in [6.07, 6.45) is 5.10. The highest BCUT2D eigenvalue weighted by Gasteiger charge is 2.16. The molecule has 0 aliphatic carbocycles. The lowest BCUT2D eigenvalue weighted by atomic mass is 10.0. The molecule has 2 rings (SSSR count). The Hall–Kier alpha value is -0.0500. The molecule has 0 spiro atoms. The van der Waals surface area contributed by atoms with Crippen LogP contribution in [0.3, 0.4) is 0 Å². The maximum Gasteiger partial charge on any atom is 0.0465 e. The van der Waals surface area contributed by atoms with Crippen molar-refractivity contribution in [3.05, 3.63) is 33.3 Å². The first-order valence-corrected chi connectivity index (χ1v) is 6.63. The van der Waals surface area contributed by atoms with Crippen molar-refractivity contribution in [3.63, 3.8) is 0 Å². The number of halogens is 2. The molecule has 1 N–H and O–H groups in total. The average molecular weight is 289 g/mol. The van der Waals surface area contributed by atoms with Crippen molar-refractivity contribution in [3.8, 4) is 0 Å². The third-order valence-corrected chi connectivity index (χ3v) is 3.72. The maximum absolute atomic E-state index is 6.25. The van der Waals surface area contributed by atoms with Gasteiger partial charge < -0.3 is 5.32 Å². The van der Waals surface area contributed by atoms with Crippen LogP contribution in [0, 0.1) is 0 Å². The van der Waals surface area contributed by atoms with Crippen LogP contribution in [0.2, 0.25) is 5.02 Å². The van der Waals surface area contributed by atoms with E-state index in [0.717, 1.165) is 16.0 Å². The van der Waals surface area contributed by atoms with Crippen LogP contribution in [0.15, 0.2) is 22.7 Å². The van der Waals surface area contributed by atoms with Crippen molar-refractivity contribution in [2.75, 3.05) is 6.54 Å². The zero-order valence-electron chi connectivity index (χ0n) is 8.60. The van der Waals surface area contributed by atoms with Crippen molar-refractivity contribution >= 4 is 27.5 Å². The van der Waals surface area contributed by atoms with Crippen molar-refractivity contribution < 1.29 is 0 Å². The summed E-state index contributed by atoms with van der Waals surface area (Å²) in [5.41, 5.74) is 1.24. The number of hydrogen-bond donors (Lipinski definition) is 1. The van der Waals surface area contributed by atoms with E-state index in [1.165, 1.54) is 31.2 Å². The van der Waals surface area contributed by atoms with E-state index in [0.29, 0.717) is 6.04 Å². The molecule has 82 valence electrons. The lowest BCUT2D eigenvalue weighted by molar-refractivity contribution is 0.535. The zero-order chi connectivity index (χ0) is 10.7. The molecule has 1 aliphatic heterocycles. The molecule has 1 aliphatic rings. The molecule has 1 aromatic carbocycles. The van der Waals surface area contributed by atoms with E-state index in [1.54, 1.807) is 0 Å². The molecule has 1 saturated heterocycles. The standard InChI is InChI=1S/C12H15BrClN/c13-9-5-6-10(11(14)8-9)12-4-2-1-3-7-15-12/h5-6,8,12,15H,1-4,7H2. The first kappa shape index (κ1) is 11.4. The molecule has 1 unspecified atom stereocenters. The van der Waals surface area contributed by atoms with E-state index in [-0.39, 0.29) is 0 Å². The largest absolute Gasteiger partial charge is 0.310 e. The predicted octanol–water partition coefficient (Wildman–Crippen LogP) is 4.31. The number of rotatable bonds is 1. The van der Waals surface area contributed by atoms with E-state index >= 15 is 0 Å². The fourth-order valence-electron chi connectivity index (χ4n) is 2.08. The van der Waals surface area contributed by atoms with Crippen LogP contribution in [-0.4, -0.2) is 6.54 Å². The smallest absolute Gasteiger partial charge is 0.0465 e. The number of benzene rings is 1. The zero-order valence-corrected chi connectivity index (χ0v) is 10.9. The fourth-order valence-corrected chi connectivity index (χ4v) is 2.88. The molecule has 15 heavy (non-hydrogen) atoms. The van der Waals surface area contributed by atoms with Crippen molar-refractivity contribution in [2.45, 2.75) is 31.7 Å². The topological polar surface area (TPSA) is 12.0 Å². The van der Waals surface area contributed by atoms with E-state index < -0.39 is 0 Å². The summed E-state index contributed by atoms with van der Waals surface area (Å²) in [7, 11) is 0. The van der Waals surface area contributed by atoms with Crippen LogP contribution < -0.4 is 5.32 Å². The molecule has 0 radical (unpaired) electrons. The minimum Gasteiger partial charge on any atom is -0.310 e. The summed E-state index contributed by atoms with van der Waals surface area (Å²) in [5, 5.41) is 4.42. The van der Waals surface area contributed by atoms with Gasteiger partial charge in [0.15, 0.2) is 0 Å². The van der Waals surface area contributed by atoms with E-state index in [4.69, 9.17) is 11.6 Å². The summed E-state index contributed by atoms with van der Waals surface area (Å²) >= 11 is 9.68. The third-order valence-electron chi connectivity index (χ3n) is 2.90. The Morgan fingerprint density at radius 3 is 2.93 bits per heavy atom. The van der Waals surface area contributed by atoms with Crippen LogP contribution in [0.5, 0.6) is 0 Å². The lowest BCUT2D eigenvalue weighted by Crippen LogP contribution is -2.20. The molecule has 1 nitrogen and oxygen atoms in total. The van der Waals surface area contributed by atoms with Gasteiger partial charge in [0.2, 0.25) is 0 Å². The molecular weight excluding hydrogens is 273 g/mol. The quantitative estimate of drug-likeness (QED) is 0.812. The molecule has 0 amide bonds. The van der Waals surface area contributed by atoms with E-state index in [9.17, 15) is 0 Å². The van der Waals surface area contributed by atoms with Gasteiger partial charge in [-0.05, 0) is 37.1 Å². The fraction of sp³-hybridized carbons (Fsp3) is 0.500. The highest BCUT2D eigenvalue weighted by Crippen LogP contribution is 2.30. The Labute approximate surface area is 104 Å². The summed E-state index contributed by atoms with van der Waals surface area (Å²) in [6, 6.07) is 6.60.